The van der Waals surface area contributed by atoms with Gasteiger partial charge in [-0.3, -0.25) is 9.78 Å². The molecule has 2 heterocycles. The molecule has 82 valence electrons. The summed E-state index contributed by atoms with van der Waals surface area (Å²) in [5, 5.41) is 17.9. The molecule has 0 bridgehead atoms. The monoisotopic (exact) mass is 235 g/mol. The molecule has 6 heteroatoms. The second-order valence-corrected chi connectivity index (χ2v) is 4.17. The number of pyridine rings is 1. The smallest absolute Gasteiger partial charge is 0.303 e. The highest BCUT2D eigenvalue weighted by molar-refractivity contribution is 7.14. The van der Waals surface area contributed by atoms with Crippen molar-refractivity contribution in [3.05, 3.63) is 29.4 Å². The minimum Gasteiger partial charge on any atom is -0.481 e. The second kappa shape index (κ2) is 4.80. The first kappa shape index (κ1) is 10.7. The molecule has 5 nitrogen and oxygen atoms in total. The highest BCUT2D eigenvalue weighted by Crippen LogP contribution is 2.21. The van der Waals surface area contributed by atoms with Crippen molar-refractivity contribution in [1.29, 1.82) is 0 Å². The summed E-state index contributed by atoms with van der Waals surface area (Å²) >= 11 is 1.38. The Morgan fingerprint density at radius 2 is 2.25 bits per heavy atom. The SMILES string of the molecule is O=C(O)CCc1nnc(-c2ccccn2)s1. The molecule has 0 spiro atoms. The van der Waals surface area contributed by atoms with E-state index in [1.807, 2.05) is 18.2 Å². The van der Waals surface area contributed by atoms with Crippen LogP contribution in [0.5, 0.6) is 0 Å². The number of hydrogen-bond donors (Lipinski definition) is 1. The van der Waals surface area contributed by atoms with Gasteiger partial charge in [-0.05, 0) is 12.1 Å². The zero-order valence-electron chi connectivity index (χ0n) is 8.33. The van der Waals surface area contributed by atoms with Crippen molar-refractivity contribution in [3.63, 3.8) is 0 Å². The standard InChI is InChI=1S/C10H9N3O2S/c14-9(15)5-4-8-12-13-10(16-8)7-3-1-2-6-11-7/h1-3,6H,4-5H2,(H,14,15). The lowest BCUT2D eigenvalue weighted by molar-refractivity contribution is -0.136. The molecule has 0 fully saturated rings. The van der Waals surface area contributed by atoms with E-state index in [0.717, 1.165) is 15.7 Å². The summed E-state index contributed by atoms with van der Waals surface area (Å²) < 4.78 is 0. The predicted octanol–water partition coefficient (Wildman–Crippen LogP) is 1.62. The van der Waals surface area contributed by atoms with Crippen LogP contribution in [0, 0.1) is 0 Å². The number of aromatic nitrogens is 3. The molecule has 0 saturated carbocycles. The van der Waals surface area contributed by atoms with Crippen LogP contribution in [0.2, 0.25) is 0 Å². The van der Waals surface area contributed by atoms with Crippen LogP contribution in [0.3, 0.4) is 0 Å². The number of hydrogen-bond acceptors (Lipinski definition) is 5. The first-order valence-electron chi connectivity index (χ1n) is 4.71. The molecule has 0 atom stereocenters. The summed E-state index contributed by atoms with van der Waals surface area (Å²) in [6.07, 6.45) is 2.18. The van der Waals surface area contributed by atoms with Crippen molar-refractivity contribution < 1.29 is 9.90 Å². The Hall–Kier alpha value is -1.82. The van der Waals surface area contributed by atoms with E-state index in [-0.39, 0.29) is 6.42 Å². The Morgan fingerprint density at radius 1 is 1.38 bits per heavy atom. The van der Waals surface area contributed by atoms with E-state index < -0.39 is 5.97 Å². The van der Waals surface area contributed by atoms with Gasteiger partial charge in [0, 0.05) is 12.6 Å². The second-order valence-electron chi connectivity index (χ2n) is 3.11. The molecule has 0 unspecified atom stereocenters. The first-order valence-corrected chi connectivity index (χ1v) is 5.53. The summed E-state index contributed by atoms with van der Waals surface area (Å²) in [5.74, 6) is -0.824. The average Bonchev–Trinajstić information content (AvgIpc) is 2.76. The van der Waals surface area contributed by atoms with Gasteiger partial charge in [0.2, 0.25) is 0 Å². The number of rotatable bonds is 4. The molecule has 2 rings (SSSR count). The van der Waals surface area contributed by atoms with Crippen molar-refractivity contribution in [1.82, 2.24) is 15.2 Å². The molecule has 2 aromatic rings. The zero-order chi connectivity index (χ0) is 11.4. The van der Waals surface area contributed by atoms with E-state index in [9.17, 15) is 4.79 Å². The minimum absolute atomic E-state index is 0.0802. The third-order valence-corrected chi connectivity index (χ3v) is 2.91. The largest absolute Gasteiger partial charge is 0.481 e. The molecule has 0 aliphatic carbocycles. The van der Waals surface area contributed by atoms with Crippen molar-refractivity contribution >= 4 is 17.3 Å². The maximum absolute atomic E-state index is 10.4. The van der Waals surface area contributed by atoms with E-state index in [0.29, 0.717) is 6.42 Å². The van der Waals surface area contributed by atoms with Crippen molar-refractivity contribution in [2.45, 2.75) is 12.8 Å². The summed E-state index contributed by atoms with van der Waals surface area (Å²) in [7, 11) is 0. The topological polar surface area (TPSA) is 76.0 Å². The minimum atomic E-state index is -0.824. The molecule has 1 N–H and O–H groups in total. The summed E-state index contributed by atoms with van der Waals surface area (Å²) in [5.41, 5.74) is 0.765. The van der Waals surface area contributed by atoms with Gasteiger partial charge in [0.05, 0.1) is 6.42 Å². The van der Waals surface area contributed by atoms with Crippen molar-refractivity contribution in [2.24, 2.45) is 0 Å². The molecular formula is C10H9N3O2S. The number of carboxylic acid groups (broad SMARTS) is 1. The fraction of sp³-hybridized carbons (Fsp3) is 0.200. The van der Waals surface area contributed by atoms with Gasteiger partial charge in [-0.2, -0.15) is 0 Å². The van der Waals surface area contributed by atoms with Gasteiger partial charge in [0.15, 0.2) is 5.01 Å². The Bertz CT molecular complexity index is 484. The zero-order valence-corrected chi connectivity index (χ0v) is 9.15. The Kier molecular flexibility index (Phi) is 3.21. The predicted molar refractivity (Wildman–Crippen MR) is 59.1 cm³/mol. The normalized spacial score (nSPS) is 10.2. The van der Waals surface area contributed by atoms with Crippen LogP contribution in [0.4, 0.5) is 0 Å². The van der Waals surface area contributed by atoms with E-state index in [4.69, 9.17) is 5.11 Å². The molecule has 0 amide bonds. The van der Waals surface area contributed by atoms with E-state index in [1.165, 1.54) is 11.3 Å². The Balaban J connectivity index is 2.11. The fourth-order valence-electron chi connectivity index (χ4n) is 1.16. The van der Waals surface area contributed by atoms with Crippen LogP contribution >= 0.6 is 11.3 Å². The molecule has 0 saturated heterocycles. The average molecular weight is 235 g/mol. The van der Waals surface area contributed by atoms with E-state index in [1.54, 1.807) is 6.20 Å². The van der Waals surface area contributed by atoms with Crippen molar-refractivity contribution in [2.75, 3.05) is 0 Å². The third-order valence-electron chi connectivity index (χ3n) is 1.90. The van der Waals surface area contributed by atoms with Gasteiger partial charge >= 0.3 is 5.97 Å². The quantitative estimate of drug-likeness (QED) is 0.871. The molecule has 0 aliphatic heterocycles. The van der Waals surface area contributed by atoms with Gasteiger partial charge < -0.3 is 5.11 Å². The number of nitrogens with zero attached hydrogens (tertiary/aromatic N) is 3. The lowest BCUT2D eigenvalue weighted by atomic mass is 10.3. The van der Waals surface area contributed by atoms with Crippen LogP contribution in [-0.2, 0) is 11.2 Å². The Labute approximate surface area is 95.8 Å². The van der Waals surface area contributed by atoms with Crippen LogP contribution in [0.1, 0.15) is 11.4 Å². The van der Waals surface area contributed by atoms with Crippen molar-refractivity contribution in [3.8, 4) is 10.7 Å². The highest BCUT2D eigenvalue weighted by atomic mass is 32.1. The van der Waals surface area contributed by atoms with Gasteiger partial charge in [-0.1, -0.05) is 17.4 Å². The van der Waals surface area contributed by atoms with Crippen LogP contribution < -0.4 is 0 Å². The lowest BCUT2D eigenvalue weighted by Gasteiger charge is -1.91. The molecular weight excluding hydrogens is 226 g/mol. The highest BCUT2D eigenvalue weighted by Gasteiger charge is 2.08. The van der Waals surface area contributed by atoms with E-state index >= 15 is 0 Å². The molecule has 2 aromatic heterocycles. The number of carboxylic acids is 1. The number of aliphatic carboxylic acids is 1. The molecule has 0 radical (unpaired) electrons. The first-order chi connectivity index (χ1) is 7.75. The summed E-state index contributed by atoms with van der Waals surface area (Å²) in [4.78, 5) is 14.5. The molecule has 0 aromatic carbocycles. The fourth-order valence-corrected chi connectivity index (χ4v) is 1.98. The third kappa shape index (κ3) is 2.60. The van der Waals surface area contributed by atoms with Gasteiger partial charge in [0.1, 0.15) is 10.7 Å². The molecule has 16 heavy (non-hydrogen) atoms. The Morgan fingerprint density at radius 3 is 2.94 bits per heavy atom. The van der Waals surface area contributed by atoms with E-state index in [2.05, 4.69) is 15.2 Å². The van der Waals surface area contributed by atoms with Crippen LogP contribution in [-0.4, -0.2) is 26.3 Å². The van der Waals surface area contributed by atoms with Gasteiger partial charge in [-0.25, -0.2) is 0 Å². The number of carbonyl (C=O) groups is 1. The summed E-state index contributed by atoms with van der Waals surface area (Å²) in [6, 6.07) is 5.55. The number of aryl methyl sites for hydroxylation is 1. The maximum Gasteiger partial charge on any atom is 0.303 e. The molecule has 0 aliphatic rings. The van der Waals surface area contributed by atoms with Gasteiger partial charge in [0.25, 0.3) is 0 Å². The lowest BCUT2D eigenvalue weighted by Crippen LogP contribution is -1.96. The van der Waals surface area contributed by atoms with Gasteiger partial charge in [-0.15, -0.1) is 10.2 Å². The summed E-state index contributed by atoms with van der Waals surface area (Å²) in [6.45, 7) is 0. The van der Waals surface area contributed by atoms with Crippen LogP contribution in [0.25, 0.3) is 10.7 Å². The maximum atomic E-state index is 10.4. The van der Waals surface area contributed by atoms with Crippen LogP contribution in [0.15, 0.2) is 24.4 Å².